The predicted molar refractivity (Wildman–Crippen MR) is 112 cm³/mol. The molecule has 3 N–H and O–H groups in total. The van der Waals surface area contributed by atoms with Crippen molar-refractivity contribution in [3.8, 4) is 0 Å². The molecule has 0 unspecified atom stereocenters. The minimum Gasteiger partial charge on any atom is -0.383 e. The van der Waals surface area contributed by atoms with Crippen molar-refractivity contribution < 1.29 is 0 Å². The van der Waals surface area contributed by atoms with Gasteiger partial charge in [-0.3, -0.25) is 0 Å². The molecular weight excluding hydrogens is 340 g/mol. The summed E-state index contributed by atoms with van der Waals surface area (Å²) in [5.41, 5.74) is 10.9. The van der Waals surface area contributed by atoms with Gasteiger partial charge in [-0.1, -0.05) is 12.1 Å². The fraction of sp³-hybridized carbons (Fsp3) is 0.286. The van der Waals surface area contributed by atoms with Crippen LogP contribution in [0.25, 0.3) is 16.5 Å². The SMILES string of the molecule is CN(C)[C@@H]1CC=C(c2c[nH]c3ccc(N=C(N)c4cccs4)cc23)CC1. The quantitative estimate of drug-likeness (QED) is 0.518. The standard InChI is InChI=1S/C21H24N4S/c1-25(2)16-8-5-14(6-9-16)18-13-23-19-10-7-15(12-17(18)19)24-21(22)20-4-3-11-26-20/h3-5,7,10-13,16,23H,6,8-9H2,1-2H3,(H2,22,24)/t16-/m1/s1. The molecule has 0 radical (unpaired) electrons. The van der Waals surface area contributed by atoms with Gasteiger partial charge in [0.2, 0.25) is 0 Å². The molecule has 0 amide bonds. The number of rotatable bonds is 4. The molecule has 134 valence electrons. The Balaban J connectivity index is 1.67. The Morgan fingerprint density at radius 3 is 2.88 bits per heavy atom. The van der Waals surface area contributed by atoms with Crippen molar-refractivity contribution in [1.82, 2.24) is 9.88 Å². The maximum Gasteiger partial charge on any atom is 0.141 e. The van der Waals surface area contributed by atoms with E-state index in [0.717, 1.165) is 28.9 Å². The van der Waals surface area contributed by atoms with Crippen LogP contribution in [0.4, 0.5) is 5.69 Å². The Bertz CT molecular complexity index is 963. The second kappa shape index (κ2) is 7.09. The first-order valence-corrected chi connectivity index (χ1v) is 9.85. The van der Waals surface area contributed by atoms with Crippen molar-refractivity contribution in [3.63, 3.8) is 0 Å². The third-order valence-corrected chi connectivity index (χ3v) is 6.04. The second-order valence-corrected chi connectivity index (χ2v) is 7.98. The third kappa shape index (κ3) is 3.32. The van der Waals surface area contributed by atoms with Gasteiger partial charge in [0.05, 0.1) is 10.6 Å². The normalized spacial score (nSPS) is 18.5. The van der Waals surface area contributed by atoms with Crippen LogP contribution in [0.15, 0.2) is 53.0 Å². The largest absolute Gasteiger partial charge is 0.383 e. The van der Waals surface area contributed by atoms with Crippen LogP contribution in [0, 0.1) is 0 Å². The molecule has 1 aliphatic rings. The van der Waals surface area contributed by atoms with Crippen LogP contribution in [-0.2, 0) is 0 Å². The molecule has 26 heavy (non-hydrogen) atoms. The summed E-state index contributed by atoms with van der Waals surface area (Å²) in [5.74, 6) is 0.571. The number of aliphatic imine (C=N–C) groups is 1. The summed E-state index contributed by atoms with van der Waals surface area (Å²) in [6.45, 7) is 0. The van der Waals surface area contributed by atoms with E-state index in [4.69, 9.17) is 5.73 Å². The van der Waals surface area contributed by atoms with E-state index in [1.165, 1.54) is 22.9 Å². The van der Waals surface area contributed by atoms with Crippen LogP contribution >= 0.6 is 11.3 Å². The number of benzene rings is 1. The summed E-state index contributed by atoms with van der Waals surface area (Å²) < 4.78 is 0. The summed E-state index contributed by atoms with van der Waals surface area (Å²) in [6.07, 6.45) is 7.95. The van der Waals surface area contributed by atoms with Gasteiger partial charge in [-0.25, -0.2) is 4.99 Å². The average Bonchev–Trinajstić information content (AvgIpc) is 3.31. The van der Waals surface area contributed by atoms with E-state index in [0.29, 0.717) is 11.9 Å². The van der Waals surface area contributed by atoms with Gasteiger partial charge >= 0.3 is 0 Å². The number of fused-ring (bicyclic) bond motifs is 1. The van der Waals surface area contributed by atoms with Crippen LogP contribution in [0.5, 0.6) is 0 Å². The molecule has 3 aromatic rings. The van der Waals surface area contributed by atoms with Gasteiger partial charge < -0.3 is 15.6 Å². The minimum atomic E-state index is 0.571. The topological polar surface area (TPSA) is 57.4 Å². The van der Waals surface area contributed by atoms with Crippen molar-refractivity contribution in [2.75, 3.05) is 14.1 Å². The summed E-state index contributed by atoms with van der Waals surface area (Å²) in [6, 6.07) is 10.9. The number of allylic oxidation sites excluding steroid dienone is 1. The average molecular weight is 365 g/mol. The maximum absolute atomic E-state index is 6.15. The van der Waals surface area contributed by atoms with Gasteiger partial charge in [0.1, 0.15) is 5.84 Å². The molecule has 0 spiro atoms. The Kier molecular flexibility index (Phi) is 4.66. The zero-order valence-corrected chi connectivity index (χ0v) is 16.0. The molecule has 1 atom stereocenters. The molecule has 4 nitrogen and oxygen atoms in total. The number of H-pyrrole nitrogens is 1. The zero-order valence-electron chi connectivity index (χ0n) is 15.2. The number of hydrogen-bond acceptors (Lipinski definition) is 3. The molecule has 2 heterocycles. The van der Waals surface area contributed by atoms with E-state index >= 15 is 0 Å². The van der Waals surface area contributed by atoms with Crippen LogP contribution in [-0.4, -0.2) is 35.9 Å². The number of aromatic amines is 1. The van der Waals surface area contributed by atoms with Crippen molar-refractivity contribution >= 4 is 39.3 Å². The van der Waals surface area contributed by atoms with Crippen molar-refractivity contribution in [1.29, 1.82) is 0 Å². The van der Waals surface area contributed by atoms with Crippen molar-refractivity contribution in [2.24, 2.45) is 10.7 Å². The molecule has 0 aliphatic heterocycles. The number of nitrogens with two attached hydrogens (primary N) is 1. The molecule has 0 fully saturated rings. The monoisotopic (exact) mass is 364 g/mol. The Labute approximate surface area is 158 Å². The van der Waals surface area contributed by atoms with E-state index in [-0.39, 0.29) is 0 Å². The molecule has 0 saturated heterocycles. The number of nitrogens with one attached hydrogen (secondary N) is 1. The fourth-order valence-corrected chi connectivity index (χ4v) is 4.22. The first-order valence-electron chi connectivity index (χ1n) is 8.97. The van der Waals surface area contributed by atoms with Crippen molar-refractivity contribution in [2.45, 2.75) is 25.3 Å². The summed E-state index contributed by atoms with van der Waals surface area (Å²) in [5, 5.41) is 3.24. The highest BCUT2D eigenvalue weighted by Gasteiger charge is 2.18. The van der Waals surface area contributed by atoms with Crippen LogP contribution in [0.1, 0.15) is 29.7 Å². The minimum absolute atomic E-state index is 0.571. The van der Waals surface area contributed by atoms with Crippen molar-refractivity contribution in [3.05, 3.63) is 58.4 Å². The smallest absolute Gasteiger partial charge is 0.141 e. The number of hydrogen-bond donors (Lipinski definition) is 2. The fourth-order valence-electron chi connectivity index (χ4n) is 3.60. The van der Waals surface area contributed by atoms with E-state index in [1.807, 2.05) is 23.6 Å². The van der Waals surface area contributed by atoms with Crippen LogP contribution < -0.4 is 5.73 Å². The van der Waals surface area contributed by atoms with Gasteiger partial charge in [0.25, 0.3) is 0 Å². The third-order valence-electron chi connectivity index (χ3n) is 5.15. The Morgan fingerprint density at radius 1 is 1.31 bits per heavy atom. The van der Waals surface area contributed by atoms with E-state index in [2.05, 4.69) is 53.4 Å². The molecule has 1 aromatic carbocycles. The van der Waals surface area contributed by atoms with Gasteiger partial charge in [-0.2, -0.15) is 0 Å². The molecule has 5 heteroatoms. The highest BCUT2D eigenvalue weighted by Crippen LogP contribution is 2.34. The maximum atomic E-state index is 6.15. The molecular formula is C21H24N4S. The first-order chi connectivity index (χ1) is 12.6. The Morgan fingerprint density at radius 2 is 2.19 bits per heavy atom. The first kappa shape index (κ1) is 17.1. The predicted octanol–water partition coefficient (Wildman–Crippen LogP) is 4.76. The van der Waals surface area contributed by atoms with Gasteiger partial charge in [-0.15, -0.1) is 11.3 Å². The summed E-state index contributed by atoms with van der Waals surface area (Å²) in [4.78, 5) is 11.3. The number of amidine groups is 1. The number of nitrogens with zero attached hydrogens (tertiary/aromatic N) is 2. The lowest BCUT2D eigenvalue weighted by atomic mass is 9.90. The molecule has 4 rings (SSSR count). The molecule has 2 aromatic heterocycles. The summed E-state index contributed by atoms with van der Waals surface area (Å²) >= 11 is 1.61. The second-order valence-electron chi connectivity index (χ2n) is 7.03. The van der Waals surface area contributed by atoms with Gasteiger partial charge in [-0.05, 0) is 68.6 Å². The molecule has 0 bridgehead atoms. The summed E-state index contributed by atoms with van der Waals surface area (Å²) in [7, 11) is 4.33. The van der Waals surface area contributed by atoms with Crippen LogP contribution in [0.2, 0.25) is 0 Å². The lowest BCUT2D eigenvalue weighted by Gasteiger charge is -2.27. The van der Waals surface area contributed by atoms with Gasteiger partial charge in [0, 0.05) is 28.7 Å². The zero-order chi connectivity index (χ0) is 18.1. The lowest BCUT2D eigenvalue weighted by Crippen LogP contribution is -2.28. The number of aromatic nitrogens is 1. The van der Waals surface area contributed by atoms with Gasteiger partial charge in [0.15, 0.2) is 0 Å². The highest BCUT2D eigenvalue weighted by atomic mass is 32.1. The van der Waals surface area contributed by atoms with E-state index in [1.54, 1.807) is 11.3 Å². The molecule has 1 aliphatic carbocycles. The Hall–Kier alpha value is -2.37. The van der Waals surface area contributed by atoms with Crippen LogP contribution in [0.3, 0.4) is 0 Å². The lowest BCUT2D eigenvalue weighted by molar-refractivity contribution is 0.278. The highest BCUT2D eigenvalue weighted by molar-refractivity contribution is 7.12. The van der Waals surface area contributed by atoms with E-state index in [9.17, 15) is 0 Å². The number of thiophene rings is 1. The van der Waals surface area contributed by atoms with E-state index < -0.39 is 0 Å². The molecule has 0 saturated carbocycles.